The summed E-state index contributed by atoms with van der Waals surface area (Å²) in [5.74, 6) is -1.72. The molecule has 5 rings (SSSR count). The van der Waals surface area contributed by atoms with Crippen molar-refractivity contribution in [2.75, 3.05) is 22.6 Å². The highest BCUT2D eigenvalue weighted by Gasteiger charge is 2.48. The smallest absolute Gasteiger partial charge is 0.281 e. The number of rotatable bonds is 5. The predicted octanol–water partition coefficient (Wildman–Crippen LogP) is 4.95. The van der Waals surface area contributed by atoms with Gasteiger partial charge in [-0.1, -0.05) is 32.6 Å². The number of amides is 1. The van der Waals surface area contributed by atoms with Gasteiger partial charge in [-0.3, -0.25) is 9.69 Å². The third-order valence-corrected chi connectivity index (χ3v) is 8.74. The molecule has 0 saturated carbocycles. The van der Waals surface area contributed by atoms with Crippen molar-refractivity contribution in [3.05, 3.63) is 89.4 Å². The number of anilines is 2. The Bertz CT molecular complexity index is 1560. The van der Waals surface area contributed by atoms with Gasteiger partial charge in [0.05, 0.1) is 16.3 Å². The Kier molecular flexibility index (Phi) is 6.26. The van der Waals surface area contributed by atoms with E-state index in [1.165, 1.54) is 30.3 Å². The molecule has 1 amide bonds. The maximum absolute atomic E-state index is 15.8. The highest BCUT2D eigenvalue weighted by Crippen LogP contribution is 2.51. The fraction of sp³-hybridized carbons (Fsp3) is 0.259. The molecule has 3 aromatic rings. The lowest BCUT2D eigenvalue weighted by Crippen LogP contribution is -2.41. The molecule has 1 unspecified atom stereocenters. The number of oxazole rings is 1. The van der Waals surface area contributed by atoms with Crippen molar-refractivity contribution < 1.29 is 31.9 Å². The molecule has 38 heavy (non-hydrogen) atoms. The lowest BCUT2D eigenvalue weighted by Gasteiger charge is -2.37. The lowest BCUT2D eigenvalue weighted by molar-refractivity contribution is 0.0975. The van der Waals surface area contributed by atoms with Crippen LogP contribution in [0.5, 0.6) is 11.5 Å². The number of allylic oxidation sites excluding steroid dienone is 1. The summed E-state index contributed by atoms with van der Waals surface area (Å²) < 4.78 is 54.1. The number of aromatic nitrogens is 1. The van der Waals surface area contributed by atoms with Gasteiger partial charge in [0.1, 0.15) is 41.9 Å². The average Bonchev–Trinajstić information content (AvgIpc) is 3.32. The van der Waals surface area contributed by atoms with Gasteiger partial charge in [-0.2, -0.15) is 0 Å². The zero-order valence-electron chi connectivity index (χ0n) is 20.8. The number of nitrogens with zero attached hydrogens (tertiary/aromatic N) is 2. The molecule has 0 aliphatic carbocycles. The van der Waals surface area contributed by atoms with Crippen LogP contribution >= 0.6 is 0 Å². The molecule has 0 saturated heterocycles. The topological polar surface area (TPSA) is 122 Å². The molecule has 0 bridgehead atoms. The number of carbonyl (C=O) groups excluding carboxylic acids is 1. The van der Waals surface area contributed by atoms with Crippen LogP contribution in [0.1, 0.15) is 42.4 Å². The second-order valence-corrected chi connectivity index (χ2v) is 11.9. The number of benzene rings is 2. The van der Waals surface area contributed by atoms with Crippen LogP contribution < -0.4 is 15.0 Å². The predicted molar refractivity (Wildman–Crippen MR) is 139 cm³/mol. The molecule has 1 aromatic heterocycles. The molecular formula is C27H26FN3O6S. The fourth-order valence-electron chi connectivity index (χ4n) is 5.02. The van der Waals surface area contributed by atoms with Gasteiger partial charge in [-0.05, 0) is 36.1 Å². The molecule has 198 valence electrons. The Morgan fingerprint density at radius 3 is 2.84 bits per heavy atom. The van der Waals surface area contributed by atoms with Crippen LogP contribution in [0.4, 0.5) is 15.8 Å². The van der Waals surface area contributed by atoms with Crippen LogP contribution in [0.3, 0.4) is 0 Å². The van der Waals surface area contributed by atoms with Gasteiger partial charge in [0.2, 0.25) is 0 Å². The molecule has 3 heterocycles. The quantitative estimate of drug-likeness (QED) is 0.345. The van der Waals surface area contributed by atoms with Crippen molar-refractivity contribution in [3.63, 3.8) is 0 Å². The van der Waals surface area contributed by atoms with E-state index in [4.69, 9.17) is 9.15 Å². The molecule has 9 nitrogen and oxygen atoms in total. The van der Waals surface area contributed by atoms with Crippen LogP contribution in [-0.4, -0.2) is 36.8 Å². The minimum absolute atomic E-state index is 0.0680. The second-order valence-electron chi connectivity index (χ2n) is 9.97. The summed E-state index contributed by atoms with van der Waals surface area (Å²) in [6.07, 6.45) is 3.98. The van der Waals surface area contributed by atoms with Crippen molar-refractivity contribution in [3.8, 4) is 11.5 Å². The number of para-hydroxylation sites is 1. The first-order chi connectivity index (χ1) is 18.0. The number of nitrogens with one attached hydrogen (secondary N) is 1. The Morgan fingerprint density at radius 1 is 1.37 bits per heavy atom. The monoisotopic (exact) mass is 539 g/mol. The number of hydrogen-bond acceptors (Lipinski definition) is 8. The number of fused-ring (bicyclic) bond motifs is 1. The summed E-state index contributed by atoms with van der Waals surface area (Å²) in [4.78, 5) is 18.9. The number of carbonyl (C=O) groups is 1. The minimum Gasteiger partial charge on any atom is -0.506 e. The van der Waals surface area contributed by atoms with E-state index in [2.05, 4.69) is 16.9 Å². The zero-order valence-corrected chi connectivity index (χ0v) is 21.6. The molecule has 0 fully saturated rings. The zero-order chi connectivity index (χ0) is 27.2. The van der Waals surface area contributed by atoms with Crippen LogP contribution in [0, 0.1) is 11.2 Å². The summed E-state index contributed by atoms with van der Waals surface area (Å²) in [5, 5.41) is 13.9. The summed E-state index contributed by atoms with van der Waals surface area (Å²) in [5.41, 5.74) is -0.299. The largest absolute Gasteiger partial charge is 0.506 e. The fourth-order valence-corrected chi connectivity index (χ4v) is 7.38. The van der Waals surface area contributed by atoms with Crippen LogP contribution in [0.15, 0.2) is 76.7 Å². The van der Waals surface area contributed by atoms with E-state index in [-0.39, 0.29) is 63.5 Å². The normalized spacial score (nSPS) is 19.6. The molecule has 0 radical (unpaired) electrons. The maximum atomic E-state index is 15.8. The molecule has 1 atom stereocenters. The standard InChI is InChI=1S/C27H26FN3O6S/c1-4-10-37-16-8-9-17(18(28)11-16)24-25-19(12-27(2,3)14-38(25,34)35)30-23-21(6-5-7-22(23)32)31(24)26(33)20-13-36-15-29-20/h4-9,11,13,15,24,30,32H,1,10,12,14H2,2-3H3. The Hall–Kier alpha value is -4.12. The number of phenolic OH excluding ortho intramolecular Hbond substituents is 1. The molecule has 11 heteroatoms. The third-order valence-electron chi connectivity index (χ3n) is 6.44. The summed E-state index contributed by atoms with van der Waals surface area (Å²) in [7, 11) is -4.03. The molecule has 0 spiro atoms. The highest BCUT2D eigenvalue weighted by atomic mass is 32.2. The maximum Gasteiger partial charge on any atom is 0.281 e. The van der Waals surface area contributed by atoms with Crippen molar-refractivity contribution >= 4 is 27.1 Å². The Morgan fingerprint density at radius 2 is 2.16 bits per heavy atom. The van der Waals surface area contributed by atoms with Crippen molar-refractivity contribution in [2.45, 2.75) is 26.3 Å². The lowest BCUT2D eigenvalue weighted by atomic mass is 9.88. The van der Waals surface area contributed by atoms with Gasteiger partial charge in [-0.15, -0.1) is 0 Å². The highest BCUT2D eigenvalue weighted by molar-refractivity contribution is 7.95. The van der Waals surface area contributed by atoms with E-state index in [9.17, 15) is 18.3 Å². The first-order valence-corrected chi connectivity index (χ1v) is 13.5. The first-order valence-electron chi connectivity index (χ1n) is 11.8. The number of aromatic hydroxyl groups is 1. The Labute approximate surface area is 219 Å². The van der Waals surface area contributed by atoms with Gasteiger partial charge in [0, 0.05) is 17.3 Å². The van der Waals surface area contributed by atoms with E-state index < -0.39 is 33.0 Å². The molecule has 2 aromatic carbocycles. The van der Waals surface area contributed by atoms with E-state index in [0.717, 1.165) is 23.6 Å². The van der Waals surface area contributed by atoms with Gasteiger partial charge in [-0.25, -0.2) is 17.8 Å². The molecule has 2 aliphatic heterocycles. The van der Waals surface area contributed by atoms with E-state index in [1.54, 1.807) is 6.07 Å². The second kappa shape index (κ2) is 9.32. The summed E-state index contributed by atoms with van der Waals surface area (Å²) in [6.45, 7) is 7.35. The first kappa shape index (κ1) is 25.5. The van der Waals surface area contributed by atoms with Gasteiger partial charge in [0.15, 0.2) is 21.9 Å². The Balaban J connectivity index is 1.83. The molecule has 2 aliphatic rings. The third kappa shape index (κ3) is 4.43. The SMILES string of the molecule is C=CCOc1ccc(C2C3=C(CC(C)(C)CS3(=O)=O)Nc3c(O)cccc3N2C(=O)c2cocn2)c(F)c1. The van der Waals surface area contributed by atoms with Crippen LogP contribution in [0.25, 0.3) is 0 Å². The van der Waals surface area contributed by atoms with Gasteiger partial charge in [0.25, 0.3) is 5.91 Å². The van der Waals surface area contributed by atoms with Crippen LogP contribution in [-0.2, 0) is 9.84 Å². The molecular weight excluding hydrogens is 513 g/mol. The summed E-state index contributed by atoms with van der Waals surface area (Å²) in [6, 6.07) is 7.10. The van der Waals surface area contributed by atoms with E-state index >= 15 is 4.39 Å². The molecule has 2 N–H and O–H groups in total. The number of ether oxygens (including phenoxy) is 1. The average molecular weight is 540 g/mol. The van der Waals surface area contributed by atoms with Gasteiger partial charge >= 0.3 is 0 Å². The van der Waals surface area contributed by atoms with Crippen molar-refractivity contribution in [1.29, 1.82) is 0 Å². The number of halogens is 1. The van der Waals surface area contributed by atoms with E-state index in [1.807, 2.05) is 13.8 Å². The number of phenols is 1. The van der Waals surface area contributed by atoms with E-state index in [0.29, 0.717) is 0 Å². The van der Waals surface area contributed by atoms with Gasteiger partial charge < -0.3 is 19.6 Å². The summed E-state index contributed by atoms with van der Waals surface area (Å²) >= 11 is 0. The number of sulfone groups is 1. The van der Waals surface area contributed by atoms with Crippen molar-refractivity contribution in [2.24, 2.45) is 5.41 Å². The van der Waals surface area contributed by atoms with Crippen LogP contribution in [0.2, 0.25) is 0 Å². The minimum atomic E-state index is -4.03. The van der Waals surface area contributed by atoms with Crippen molar-refractivity contribution in [1.82, 2.24) is 4.98 Å². The number of hydrogen-bond donors (Lipinski definition) is 2.